The highest BCUT2D eigenvalue weighted by molar-refractivity contribution is 5.14. The van der Waals surface area contributed by atoms with E-state index in [1.165, 1.54) is 31.2 Å². The molecule has 1 aromatic rings. The van der Waals surface area contributed by atoms with Crippen molar-refractivity contribution in [3.63, 3.8) is 0 Å². The van der Waals surface area contributed by atoms with Gasteiger partial charge in [-0.15, -0.1) is 0 Å². The summed E-state index contributed by atoms with van der Waals surface area (Å²) in [6, 6.07) is 2.62. The Balaban J connectivity index is 1.98. The van der Waals surface area contributed by atoms with Crippen LogP contribution in [0.15, 0.2) is 12.4 Å². The van der Waals surface area contributed by atoms with Crippen LogP contribution in [-0.2, 0) is 13.0 Å². The predicted octanol–water partition coefficient (Wildman–Crippen LogP) is 3.95. The smallest absolute Gasteiger partial charge is 0.0693 e. The summed E-state index contributed by atoms with van der Waals surface area (Å²) in [5, 5.41) is 13.9. The lowest BCUT2D eigenvalue weighted by molar-refractivity contribution is 0.200. The largest absolute Gasteiger partial charge is 0.273 e. The second kappa shape index (κ2) is 6.23. The fourth-order valence-electron chi connectivity index (χ4n) is 3.32. The van der Waals surface area contributed by atoms with Crippen molar-refractivity contribution in [2.45, 2.75) is 65.3 Å². The fraction of sp³-hybridized carbons (Fsp3) is 0.750. The lowest BCUT2D eigenvalue weighted by Crippen LogP contribution is -2.28. The molecule has 3 heteroatoms. The van der Waals surface area contributed by atoms with Gasteiger partial charge in [0.15, 0.2) is 0 Å². The minimum Gasteiger partial charge on any atom is -0.273 e. The summed E-state index contributed by atoms with van der Waals surface area (Å²) in [5.74, 6) is 0.852. The van der Waals surface area contributed by atoms with Gasteiger partial charge in [-0.3, -0.25) is 4.68 Å². The topological polar surface area (TPSA) is 41.6 Å². The van der Waals surface area contributed by atoms with Crippen molar-refractivity contribution in [1.82, 2.24) is 9.78 Å². The van der Waals surface area contributed by atoms with E-state index in [9.17, 15) is 5.26 Å². The number of hydrogen-bond donors (Lipinski definition) is 0. The highest BCUT2D eigenvalue weighted by atomic mass is 15.3. The maximum Gasteiger partial charge on any atom is 0.0693 e. The number of nitrogens with zero attached hydrogens (tertiary/aromatic N) is 3. The molecule has 1 fully saturated rings. The molecule has 0 amide bonds. The first kappa shape index (κ1) is 14.1. The van der Waals surface area contributed by atoms with Gasteiger partial charge >= 0.3 is 0 Å². The molecule has 0 unspecified atom stereocenters. The minimum atomic E-state index is -0.133. The van der Waals surface area contributed by atoms with E-state index in [1.54, 1.807) is 0 Å². The first-order valence-electron chi connectivity index (χ1n) is 7.64. The third-order valence-corrected chi connectivity index (χ3v) is 4.55. The number of aryl methyl sites for hydroxylation is 1. The van der Waals surface area contributed by atoms with Crippen LogP contribution in [0.3, 0.4) is 0 Å². The third kappa shape index (κ3) is 3.37. The second-order valence-electron chi connectivity index (χ2n) is 6.01. The van der Waals surface area contributed by atoms with E-state index >= 15 is 0 Å². The Morgan fingerprint density at radius 2 is 2.16 bits per heavy atom. The molecular weight excluding hydrogens is 234 g/mol. The number of aromatic nitrogens is 2. The molecule has 0 atom stereocenters. The van der Waals surface area contributed by atoms with Crippen LogP contribution in [-0.4, -0.2) is 9.78 Å². The van der Waals surface area contributed by atoms with Crippen molar-refractivity contribution in [2.75, 3.05) is 0 Å². The minimum absolute atomic E-state index is 0.133. The molecule has 1 aromatic heterocycles. The van der Waals surface area contributed by atoms with Crippen LogP contribution in [0, 0.1) is 22.7 Å². The summed E-state index contributed by atoms with van der Waals surface area (Å²) in [7, 11) is 0. The average Bonchev–Trinajstić information content (AvgIpc) is 2.89. The first-order valence-corrected chi connectivity index (χ1v) is 7.64. The Labute approximate surface area is 116 Å². The summed E-state index contributed by atoms with van der Waals surface area (Å²) in [5.41, 5.74) is 1.09. The van der Waals surface area contributed by atoms with Crippen LogP contribution in [0.1, 0.15) is 57.9 Å². The Morgan fingerprint density at radius 3 is 2.68 bits per heavy atom. The van der Waals surface area contributed by atoms with Crippen LogP contribution in [0.5, 0.6) is 0 Å². The van der Waals surface area contributed by atoms with Crippen LogP contribution in [0.25, 0.3) is 0 Å². The van der Waals surface area contributed by atoms with Crippen molar-refractivity contribution in [2.24, 2.45) is 11.3 Å². The summed E-state index contributed by atoms with van der Waals surface area (Å²) in [6.07, 6.45) is 12.1. The van der Waals surface area contributed by atoms with Gasteiger partial charge in [-0.1, -0.05) is 19.8 Å². The molecule has 0 saturated heterocycles. The molecule has 0 aliphatic heterocycles. The highest BCUT2D eigenvalue weighted by Crippen LogP contribution is 2.42. The molecule has 19 heavy (non-hydrogen) atoms. The monoisotopic (exact) mass is 259 g/mol. The van der Waals surface area contributed by atoms with Crippen LogP contribution in [0.2, 0.25) is 0 Å². The van der Waals surface area contributed by atoms with Crippen molar-refractivity contribution >= 4 is 0 Å². The molecule has 2 rings (SSSR count). The van der Waals surface area contributed by atoms with Gasteiger partial charge in [0.25, 0.3) is 0 Å². The second-order valence-corrected chi connectivity index (χ2v) is 6.01. The Bertz CT molecular complexity index is 433. The fourth-order valence-corrected chi connectivity index (χ4v) is 3.32. The van der Waals surface area contributed by atoms with Gasteiger partial charge in [-0.25, -0.2) is 0 Å². The lowest BCUT2D eigenvalue weighted by atomic mass is 9.68. The van der Waals surface area contributed by atoms with Crippen LogP contribution < -0.4 is 0 Å². The van der Waals surface area contributed by atoms with E-state index < -0.39 is 0 Å². The van der Waals surface area contributed by atoms with Gasteiger partial charge in [0.1, 0.15) is 0 Å². The maximum absolute atomic E-state index is 9.61. The summed E-state index contributed by atoms with van der Waals surface area (Å²) < 4.78 is 1.95. The van der Waals surface area contributed by atoms with Crippen molar-refractivity contribution in [1.29, 1.82) is 5.26 Å². The summed E-state index contributed by atoms with van der Waals surface area (Å²) in [6.45, 7) is 5.25. The van der Waals surface area contributed by atoms with Crippen LogP contribution >= 0.6 is 0 Å². The van der Waals surface area contributed by atoms with E-state index in [1.807, 2.05) is 10.9 Å². The van der Waals surface area contributed by atoms with Gasteiger partial charge in [0, 0.05) is 12.7 Å². The zero-order valence-corrected chi connectivity index (χ0v) is 12.2. The zero-order chi connectivity index (χ0) is 13.7. The van der Waals surface area contributed by atoms with Crippen LogP contribution in [0.4, 0.5) is 0 Å². The van der Waals surface area contributed by atoms with Crippen molar-refractivity contribution in [3.8, 4) is 6.07 Å². The molecule has 1 aliphatic carbocycles. The number of rotatable bonds is 5. The zero-order valence-electron chi connectivity index (χ0n) is 12.2. The van der Waals surface area contributed by atoms with Gasteiger partial charge in [0.2, 0.25) is 0 Å². The number of nitriles is 1. The van der Waals surface area contributed by atoms with E-state index in [0.29, 0.717) is 0 Å². The molecule has 1 aliphatic rings. The lowest BCUT2D eigenvalue weighted by Gasteiger charge is -2.34. The molecule has 1 heterocycles. The Hall–Kier alpha value is -1.30. The molecule has 0 N–H and O–H groups in total. The quantitative estimate of drug-likeness (QED) is 0.803. The van der Waals surface area contributed by atoms with E-state index in [0.717, 1.165) is 31.7 Å². The van der Waals surface area contributed by atoms with E-state index in [4.69, 9.17) is 0 Å². The molecule has 3 nitrogen and oxygen atoms in total. The SMILES string of the molecule is CCCC1CCC(C#N)(Cc2cnn(CC)c2)CC1. The molecule has 0 spiro atoms. The summed E-state index contributed by atoms with van der Waals surface area (Å²) >= 11 is 0. The Morgan fingerprint density at radius 1 is 1.42 bits per heavy atom. The average molecular weight is 259 g/mol. The molecule has 0 bridgehead atoms. The maximum atomic E-state index is 9.61. The molecule has 0 aromatic carbocycles. The molecule has 0 radical (unpaired) electrons. The molecule has 104 valence electrons. The standard InChI is InChI=1S/C16H25N3/c1-3-5-14-6-8-16(13-17,9-7-14)10-15-11-18-19(4-2)12-15/h11-12,14H,3-10H2,1-2H3. The molecule has 1 saturated carbocycles. The normalized spacial score (nSPS) is 27.1. The summed E-state index contributed by atoms with van der Waals surface area (Å²) in [4.78, 5) is 0. The number of hydrogen-bond acceptors (Lipinski definition) is 2. The van der Waals surface area contributed by atoms with E-state index in [2.05, 4.69) is 31.2 Å². The van der Waals surface area contributed by atoms with Crippen molar-refractivity contribution < 1.29 is 0 Å². The highest BCUT2D eigenvalue weighted by Gasteiger charge is 2.35. The van der Waals surface area contributed by atoms with Gasteiger partial charge in [-0.2, -0.15) is 10.4 Å². The Kier molecular flexibility index (Phi) is 4.63. The van der Waals surface area contributed by atoms with Gasteiger partial charge in [0.05, 0.1) is 17.7 Å². The van der Waals surface area contributed by atoms with Gasteiger partial charge in [-0.05, 0) is 50.5 Å². The molecular formula is C16H25N3. The predicted molar refractivity (Wildman–Crippen MR) is 76.5 cm³/mol. The van der Waals surface area contributed by atoms with Crippen molar-refractivity contribution in [3.05, 3.63) is 18.0 Å². The van der Waals surface area contributed by atoms with Gasteiger partial charge < -0.3 is 0 Å². The third-order valence-electron chi connectivity index (χ3n) is 4.55. The first-order chi connectivity index (χ1) is 9.21. The van der Waals surface area contributed by atoms with E-state index in [-0.39, 0.29) is 5.41 Å².